The standard InChI is InChI=1S/C8H18O5S/c1-5(10)8(12-2)13-7(4-14)6(11)3-9/h5-11,14H,3-4H2,1-2H3/t5-,6-,7?,8-/m0/s1. The van der Waals surface area contributed by atoms with Crippen molar-refractivity contribution in [3.63, 3.8) is 0 Å². The minimum atomic E-state index is -1.02. The van der Waals surface area contributed by atoms with Gasteiger partial charge in [-0.05, 0) is 6.92 Å². The van der Waals surface area contributed by atoms with Gasteiger partial charge in [0, 0.05) is 12.9 Å². The zero-order valence-corrected chi connectivity index (χ0v) is 9.22. The maximum Gasteiger partial charge on any atom is 0.183 e. The molecule has 0 aromatic heterocycles. The Balaban J connectivity index is 4.13. The van der Waals surface area contributed by atoms with E-state index in [1.165, 1.54) is 14.0 Å². The lowest BCUT2D eigenvalue weighted by molar-refractivity contribution is -0.213. The number of ether oxygens (including phenoxy) is 2. The van der Waals surface area contributed by atoms with Gasteiger partial charge in [0.05, 0.1) is 12.7 Å². The Morgan fingerprint density at radius 2 is 1.93 bits per heavy atom. The van der Waals surface area contributed by atoms with E-state index in [4.69, 9.17) is 14.6 Å². The third-order valence-electron chi connectivity index (χ3n) is 1.73. The van der Waals surface area contributed by atoms with Crippen LogP contribution in [0.15, 0.2) is 0 Å². The molecule has 1 unspecified atom stereocenters. The van der Waals surface area contributed by atoms with Crippen molar-refractivity contribution in [1.82, 2.24) is 0 Å². The molecule has 14 heavy (non-hydrogen) atoms. The Bertz CT molecular complexity index is 144. The van der Waals surface area contributed by atoms with E-state index in [0.717, 1.165) is 0 Å². The number of rotatable bonds is 7. The first-order valence-corrected chi connectivity index (χ1v) is 4.96. The van der Waals surface area contributed by atoms with Gasteiger partial charge in [-0.1, -0.05) is 0 Å². The summed E-state index contributed by atoms with van der Waals surface area (Å²) in [6.45, 7) is 1.09. The molecule has 0 bridgehead atoms. The monoisotopic (exact) mass is 226 g/mol. The van der Waals surface area contributed by atoms with Crippen molar-refractivity contribution >= 4 is 12.6 Å². The molecular formula is C8H18O5S. The quantitative estimate of drug-likeness (QED) is 0.331. The van der Waals surface area contributed by atoms with Gasteiger partial charge in [0.2, 0.25) is 0 Å². The summed E-state index contributed by atoms with van der Waals surface area (Å²) in [5.74, 6) is 0.230. The number of thiol groups is 1. The van der Waals surface area contributed by atoms with Crippen LogP contribution in [-0.4, -0.2) is 59.4 Å². The normalized spacial score (nSPS) is 20.1. The van der Waals surface area contributed by atoms with Crippen LogP contribution in [0.5, 0.6) is 0 Å². The summed E-state index contributed by atoms with van der Waals surface area (Å²) in [7, 11) is 1.39. The topological polar surface area (TPSA) is 79.2 Å². The fraction of sp³-hybridized carbons (Fsp3) is 1.00. The van der Waals surface area contributed by atoms with Gasteiger partial charge in [-0.15, -0.1) is 0 Å². The van der Waals surface area contributed by atoms with Crippen molar-refractivity contribution in [3.05, 3.63) is 0 Å². The SMILES string of the molecule is CO[C@@H](OC(CS)[C@@H](O)CO)[C@H](C)O. The molecule has 0 aliphatic heterocycles. The zero-order valence-electron chi connectivity index (χ0n) is 8.33. The first-order chi connectivity index (χ1) is 6.56. The smallest absolute Gasteiger partial charge is 0.183 e. The average Bonchev–Trinajstić information content (AvgIpc) is 2.18. The van der Waals surface area contributed by atoms with E-state index < -0.39 is 31.2 Å². The lowest BCUT2D eigenvalue weighted by Gasteiger charge is -2.26. The summed E-state index contributed by atoms with van der Waals surface area (Å²) in [6, 6.07) is 0. The second kappa shape index (κ2) is 7.44. The lowest BCUT2D eigenvalue weighted by atomic mass is 10.2. The minimum Gasteiger partial charge on any atom is -0.394 e. The highest BCUT2D eigenvalue weighted by Crippen LogP contribution is 2.09. The minimum absolute atomic E-state index is 0.230. The van der Waals surface area contributed by atoms with E-state index in [9.17, 15) is 10.2 Å². The van der Waals surface area contributed by atoms with Gasteiger partial charge in [0.15, 0.2) is 6.29 Å². The van der Waals surface area contributed by atoms with Crippen molar-refractivity contribution in [2.24, 2.45) is 0 Å². The molecule has 0 saturated carbocycles. The molecule has 0 aliphatic carbocycles. The fourth-order valence-corrected chi connectivity index (χ4v) is 1.24. The van der Waals surface area contributed by atoms with Gasteiger partial charge in [-0.2, -0.15) is 12.6 Å². The molecule has 0 heterocycles. The predicted octanol–water partition coefficient (Wildman–Crippen LogP) is -0.992. The van der Waals surface area contributed by atoms with Crippen molar-refractivity contribution in [2.45, 2.75) is 31.5 Å². The maximum absolute atomic E-state index is 9.28. The van der Waals surface area contributed by atoms with Crippen LogP contribution >= 0.6 is 12.6 Å². The molecule has 0 saturated heterocycles. The van der Waals surface area contributed by atoms with Crippen molar-refractivity contribution in [2.75, 3.05) is 19.5 Å². The Morgan fingerprint density at radius 3 is 2.21 bits per heavy atom. The highest BCUT2D eigenvalue weighted by atomic mass is 32.1. The number of aliphatic hydroxyl groups excluding tert-OH is 3. The Hall–Kier alpha value is 0.150. The van der Waals surface area contributed by atoms with Gasteiger partial charge in [0.25, 0.3) is 0 Å². The molecule has 0 aliphatic rings. The fourth-order valence-electron chi connectivity index (χ4n) is 0.911. The summed E-state index contributed by atoms with van der Waals surface area (Å²) in [5.41, 5.74) is 0. The molecule has 0 fully saturated rings. The molecule has 3 N–H and O–H groups in total. The summed E-state index contributed by atoms with van der Waals surface area (Å²) in [5, 5.41) is 27.2. The molecule has 86 valence electrons. The number of aliphatic hydroxyl groups is 3. The molecule has 0 amide bonds. The van der Waals surface area contributed by atoms with Crippen molar-refractivity contribution < 1.29 is 24.8 Å². The second-order valence-corrected chi connectivity index (χ2v) is 3.32. The maximum atomic E-state index is 9.28. The molecular weight excluding hydrogens is 208 g/mol. The third kappa shape index (κ3) is 4.59. The van der Waals surface area contributed by atoms with Crippen LogP contribution in [0.3, 0.4) is 0 Å². The molecule has 0 rings (SSSR count). The van der Waals surface area contributed by atoms with Crippen LogP contribution in [0.2, 0.25) is 0 Å². The second-order valence-electron chi connectivity index (χ2n) is 2.95. The Kier molecular flexibility index (Phi) is 7.52. The lowest BCUT2D eigenvalue weighted by Crippen LogP contribution is -2.40. The van der Waals surface area contributed by atoms with Crippen LogP contribution in [0, 0.1) is 0 Å². The van der Waals surface area contributed by atoms with Crippen LogP contribution < -0.4 is 0 Å². The molecule has 0 aromatic rings. The number of hydrogen-bond donors (Lipinski definition) is 4. The Morgan fingerprint density at radius 1 is 1.36 bits per heavy atom. The average molecular weight is 226 g/mol. The van der Waals surface area contributed by atoms with Gasteiger partial charge < -0.3 is 24.8 Å². The van der Waals surface area contributed by atoms with E-state index in [-0.39, 0.29) is 5.75 Å². The molecule has 4 atom stereocenters. The summed E-state index contributed by atoms with van der Waals surface area (Å²) < 4.78 is 10.0. The highest BCUT2D eigenvalue weighted by Gasteiger charge is 2.24. The Labute approximate surface area is 89.1 Å². The molecule has 0 radical (unpaired) electrons. The summed E-state index contributed by atoms with van der Waals surface area (Å²) in [4.78, 5) is 0. The van der Waals surface area contributed by atoms with Gasteiger partial charge in [0.1, 0.15) is 12.2 Å². The summed E-state index contributed by atoms with van der Waals surface area (Å²) >= 11 is 3.96. The first-order valence-electron chi connectivity index (χ1n) is 4.32. The van der Waals surface area contributed by atoms with Crippen molar-refractivity contribution in [1.29, 1.82) is 0 Å². The van der Waals surface area contributed by atoms with Gasteiger partial charge in [-0.3, -0.25) is 0 Å². The number of methoxy groups -OCH3 is 1. The van der Waals surface area contributed by atoms with E-state index in [0.29, 0.717) is 0 Å². The third-order valence-corrected chi connectivity index (χ3v) is 2.09. The van der Waals surface area contributed by atoms with E-state index in [2.05, 4.69) is 12.6 Å². The van der Waals surface area contributed by atoms with Gasteiger partial charge in [-0.25, -0.2) is 0 Å². The highest BCUT2D eigenvalue weighted by molar-refractivity contribution is 7.80. The molecule has 0 spiro atoms. The van der Waals surface area contributed by atoms with Crippen LogP contribution in [-0.2, 0) is 9.47 Å². The predicted molar refractivity (Wildman–Crippen MR) is 54.3 cm³/mol. The van der Waals surface area contributed by atoms with Crippen LogP contribution in [0.4, 0.5) is 0 Å². The zero-order chi connectivity index (χ0) is 11.1. The molecule has 0 aromatic carbocycles. The van der Waals surface area contributed by atoms with E-state index in [1.807, 2.05) is 0 Å². The number of hydrogen-bond acceptors (Lipinski definition) is 6. The van der Waals surface area contributed by atoms with E-state index in [1.54, 1.807) is 0 Å². The first kappa shape index (κ1) is 14.2. The molecule has 5 nitrogen and oxygen atoms in total. The van der Waals surface area contributed by atoms with Crippen LogP contribution in [0.25, 0.3) is 0 Å². The molecule has 6 heteroatoms. The van der Waals surface area contributed by atoms with Crippen LogP contribution in [0.1, 0.15) is 6.92 Å². The van der Waals surface area contributed by atoms with Gasteiger partial charge >= 0.3 is 0 Å². The summed E-state index contributed by atoms with van der Waals surface area (Å²) in [6.07, 6.45) is -3.33. The van der Waals surface area contributed by atoms with E-state index >= 15 is 0 Å². The van der Waals surface area contributed by atoms with Crippen molar-refractivity contribution in [3.8, 4) is 0 Å². The largest absolute Gasteiger partial charge is 0.394 e.